The molecule has 0 unspecified atom stereocenters. The SMILES string of the molecule is c1cc(-c2ccc(N(c3ccc(-c4ccc5c(ccc6ccccc65)c4)cc3)c3ccc(-c4ccc5oc6c7ccccc7ccc6c5c4)cc3)cc2)cc(-n2c3ccccc3c3ccccc32)c1. The molecule has 0 amide bonds. The third kappa shape index (κ3) is 6.51. The molecule has 14 rings (SSSR count). The summed E-state index contributed by atoms with van der Waals surface area (Å²) in [5, 5.41) is 12.2. The van der Waals surface area contributed by atoms with E-state index in [1.54, 1.807) is 0 Å². The number of para-hydroxylation sites is 2. The largest absolute Gasteiger partial charge is 0.455 e. The van der Waals surface area contributed by atoms with Crippen molar-refractivity contribution in [2.45, 2.75) is 0 Å². The van der Waals surface area contributed by atoms with Crippen molar-refractivity contribution in [2.75, 3.05) is 4.90 Å². The first-order valence-corrected chi connectivity index (χ1v) is 23.6. The highest BCUT2D eigenvalue weighted by atomic mass is 16.3. The first kappa shape index (κ1) is 39.0. The van der Waals surface area contributed by atoms with Crippen molar-refractivity contribution in [1.29, 1.82) is 0 Å². The average Bonchev–Trinajstić information content (AvgIpc) is 3.97. The van der Waals surface area contributed by atoms with Crippen LogP contribution in [-0.2, 0) is 0 Å². The zero-order chi connectivity index (χ0) is 45.4. The standard InChI is InChI=1S/C66H42N2O/c1-3-14-56-46(10-1)20-21-51-40-49(29-37-57(51)56)44-24-33-53(34-25-44)67(54-35-26-45(27-36-54)50-30-39-65-62(42-50)61-38-28-47-11-2-4-15-58(47)66(61)69-65)52-31-22-43(23-32-52)48-12-9-13-55(41-48)68-63-18-7-5-16-59(63)60-17-6-8-19-64(60)68/h1-42H. The van der Waals surface area contributed by atoms with Gasteiger partial charge in [-0.2, -0.15) is 0 Å². The van der Waals surface area contributed by atoms with E-state index >= 15 is 0 Å². The van der Waals surface area contributed by atoms with Crippen LogP contribution in [0.3, 0.4) is 0 Å². The number of anilines is 3. The summed E-state index contributed by atoms with van der Waals surface area (Å²) in [5.74, 6) is 0. The Hall–Kier alpha value is -9.18. The van der Waals surface area contributed by atoms with E-state index in [0.717, 1.165) is 66.8 Å². The molecule has 0 saturated carbocycles. The average molecular weight is 879 g/mol. The number of nitrogens with zero attached hydrogens (tertiary/aromatic N) is 2. The molecule has 0 aliphatic rings. The van der Waals surface area contributed by atoms with Crippen molar-refractivity contribution in [2.24, 2.45) is 0 Å². The van der Waals surface area contributed by atoms with Gasteiger partial charge in [0.25, 0.3) is 0 Å². The molecule has 0 spiro atoms. The first-order chi connectivity index (χ1) is 34.2. The monoisotopic (exact) mass is 878 g/mol. The van der Waals surface area contributed by atoms with Crippen molar-refractivity contribution in [3.8, 4) is 39.1 Å². The number of benzene rings is 12. The molecule has 0 aliphatic heterocycles. The molecule has 14 aromatic rings. The van der Waals surface area contributed by atoms with E-state index in [2.05, 4.69) is 264 Å². The second kappa shape index (κ2) is 15.7. The Kier molecular flexibility index (Phi) is 8.90. The maximum Gasteiger partial charge on any atom is 0.143 e. The molecule has 322 valence electrons. The van der Waals surface area contributed by atoms with Gasteiger partial charge in [0.2, 0.25) is 0 Å². The van der Waals surface area contributed by atoms with Crippen molar-refractivity contribution in [3.63, 3.8) is 0 Å². The van der Waals surface area contributed by atoms with Crippen LogP contribution in [0.2, 0.25) is 0 Å². The van der Waals surface area contributed by atoms with E-state index in [1.165, 1.54) is 65.4 Å². The van der Waals surface area contributed by atoms with Crippen LogP contribution in [-0.4, -0.2) is 4.57 Å². The second-order valence-electron chi connectivity index (χ2n) is 18.1. The summed E-state index contributed by atoms with van der Waals surface area (Å²) in [6.07, 6.45) is 0. The van der Waals surface area contributed by atoms with Crippen LogP contribution in [0, 0.1) is 0 Å². The third-order valence-corrected chi connectivity index (χ3v) is 14.2. The van der Waals surface area contributed by atoms with Crippen molar-refractivity contribution in [3.05, 3.63) is 255 Å². The molecule has 0 atom stereocenters. The van der Waals surface area contributed by atoms with Gasteiger partial charge in [-0.25, -0.2) is 0 Å². The van der Waals surface area contributed by atoms with E-state index < -0.39 is 0 Å². The van der Waals surface area contributed by atoms with Gasteiger partial charge in [-0.05, 0) is 145 Å². The van der Waals surface area contributed by atoms with Crippen LogP contribution in [0.5, 0.6) is 0 Å². The molecule has 0 N–H and O–H groups in total. The minimum Gasteiger partial charge on any atom is -0.455 e. The molecule has 0 saturated heterocycles. The van der Waals surface area contributed by atoms with Crippen LogP contribution in [0.4, 0.5) is 17.1 Å². The summed E-state index contributed by atoms with van der Waals surface area (Å²) in [4.78, 5) is 2.36. The van der Waals surface area contributed by atoms with Crippen LogP contribution in [0.25, 0.3) is 115 Å². The van der Waals surface area contributed by atoms with Gasteiger partial charge in [0.15, 0.2) is 0 Å². The van der Waals surface area contributed by atoms with E-state index in [0.29, 0.717) is 0 Å². The van der Waals surface area contributed by atoms with Crippen molar-refractivity contribution >= 4 is 93.1 Å². The molecule has 0 fully saturated rings. The molecular weight excluding hydrogens is 837 g/mol. The van der Waals surface area contributed by atoms with Crippen LogP contribution in [0.15, 0.2) is 259 Å². The van der Waals surface area contributed by atoms with E-state index in [9.17, 15) is 0 Å². The quantitative estimate of drug-likeness (QED) is 0.149. The smallest absolute Gasteiger partial charge is 0.143 e. The Balaban J connectivity index is 0.833. The lowest BCUT2D eigenvalue weighted by molar-refractivity contribution is 0.672. The summed E-state index contributed by atoms with van der Waals surface area (Å²) in [6.45, 7) is 0. The minimum absolute atomic E-state index is 0.899. The molecular formula is C66H42N2O. The molecule has 2 heterocycles. The van der Waals surface area contributed by atoms with E-state index in [4.69, 9.17) is 4.42 Å². The van der Waals surface area contributed by atoms with Gasteiger partial charge < -0.3 is 13.9 Å². The van der Waals surface area contributed by atoms with Crippen molar-refractivity contribution in [1.82, 2.24) is 4.57 Å². The molecule has 0 aliphatic carbocycles. The topological polar surface area (TPSA) is 21.3 Å². The Morgan fingerprint density at radius 2 is 0.739 bits per heavy atom. The molecule has 3 heteroatoms. The van der Waals surface area contributed by atoms with Crippen LogP contribution >= 0.6 is 0 Å². The lowest BCUT2D eigenvalue weighted by Gasteiger charge is -2.26. The van der Waals surface area contributed by atoms with Crippen LogP contribution < -0.4 is 4.90 Å². The van der Waals surface area contributed by atoms with Crippen molar-refractivity contribution < 1.29 is 4.42 Å². The Morgan fingerprint density at radius 3 is 1.39 bits per heavy atom. The summed E-state index contributed by atoms with van der Waals surface area (Å²) < 4.78 is 8.84. The maximum absolute atomic E-state index is 6.46. The molecule has 0 radical (unpaired) electrons. The predicted molar refractivity (Wildman–Crippen MR) is 292 cm³/mol. The minimum atomic E-state index is 0.899. The lowest BCUT2D eigenvalue weighted by Crippen LogP contribution is -2.09. The van der Waals surface area contributed by atoms with Gasteiger partial charge in [0.05, 0.1) is 11.0 Å². The third-order valence-electron chi connectivity index (χ3n) is 14.2. The molecule has 12 aromatic carbocycles. The number of hydrogen-bond donors (Lipinski definition) is 0. The van der Waals surface area contributed by atoms with Gasteiger partial charge in [0.1, 0.15) is 11.2 Å². The lowest BCUT2D eigenvalue weighted by atomic mass is 9.97. The summed E-state index contributed by atoms with van der Waals surface area (Å²) in [6, 6.07) is 92.5. The Bertz CT molecular complexity index is 4240. The van der Waals surface area contributed by atoms with Gasteiger partial charge in [-0.15, -0.1) is 0 Å². The normalized spacial score (nSPS) is 11.8. The molecule has 0 bridgehead atoms. The van der Waals surface area contributed by atoms with E-state index in [-0.39, 0.29) is 0 Å². The summed E-state index contributed by atoms with van der Waals surface area (Å²) >= 11 is 0. The number of aromatic nitrogens is 1. The first-order valence-electron chi connectivity index (χ1n) is 23.6. The van der Waals surface area contributed by atoms with Gasteiger partial charge in [0, 0.05) is 49.7 Å². The van der Waals surface area contributed by atoms with Gasteiger partial charge in [-0.3, -0.25) is 0 Å². The van der Waals surface area contributed by atoms with E-state index in [1.807, 2.05) is 0 Å². The predicted octanol–water partition coefficient (Wildman–Crippen LogP) is 18.6. The summed E-state index contributed by atoms with van der Waals surface area (Å²) in [7, 11) is 0. The highest BCUT2D eigenvalue weighted by molar-refractivity contribution is 6.16. The Labute approximate surface area is 399 Å². The zero-order valence-electron chi connectivity index (χ0n) is 37.6. The highest BCUT2D eigenvalue weighted by Gasteiger charge is 2.17. The number of fused-ring (bicyclic) bond motifs is 11. The van der Waals surface area contributed by atoms with Crippen LogP contribution in [0.1, 0.15) is 0 Å². The number of furan rings is 1. The fourth-order valence-corrected chi connectivity index (χ4v) is 10.8. The molecule has 2 aromatic heterocycles. The van der Waals surface area contributed by atoms with Gasteiger partial charge in [-0.1, -0.05) is 170 Å². The fraction of sp³-hybridized carbons (Fsp3) is 0. The second-order valence-corrected chi connectivity index (χ2v) is 18.1. The highest BCUT2D eigenvalue weighted by Crippen LogP contribution is 2.41. The molecule has 69 heavy (non-hydrogen) atoms. The fourth-order valence-electron chi connectivity index (χ4n) is 10.8. The Morgan fingerprint density at radius 1 is 0.275 bits per heavy atom. The zero-order valence-corrected chi connectivity index (χ0v) is 37.6. The number of rotatable bonds is 7. The number of hydrogen-bond acceptors (Lipinski definition) is 2. The maximum atomic E-state index is 6.46. The summed E-state index contributed by atoms with van der Waals surface area (Å²) in [5.41, 5.74) is 15.6. The molecule has 3 nitrogen and oxygen atoms in total. The van der Waals surface area contributed by atoms with Gasteiger partial charge >= 0.3 is 0 Å².